The number of rotatable bonds is 6. The number of carbonyl (C=O) groups is 1. The molecule has 2 atom stereocenters. The summed E-state index contributed by atoms with van der Waals surface area (Å²) < 4.78 is 5.59. The molecule has 1 aliphatic carbocycles. The fourth-order valence-corrected chi connectivity index (χ4v) is 3.37. The Bertz CT molecular complexity index is 235. The first-order valence-corrected chi connectivity index (χ1v) is 7.24. The van der Waals surface area contributed by atoms with Gasteiger partial charge in [-0.25, -0.2) is 0 Å². The van der Waals surface area contributed by atoms with E-state index < -0.39 is 5.60 Å². The van der Waals surface area contributed by atoms with Crippen LogP contribution in [0.5, 0.6) is 0 Å². The molecule has 2 unspecified atom stereocenters. The molecule has 1 aliphatic rings. The van der Waals surface area contributed by atoms with Crippen LogP contribution >= 0.6 is 0 Å². The van der Waals surface area contributed by atoms with Crippen molar-refractivity contribution >= 4 is 5.78 Å². The molecule has 0 aromatic heterocycles. The maximum absolute atomic E-state index is 12.8. The largest absolute Gasteiger partial charge is 0.370 e. The Morgan fingerprint density at radius 3 is 2.24 bits per heavy atom. The normalized spacial score (nSPS) is 25.9. The van der Waals surface area contributed by atoms with Crippen LogP contribution in [0.25, 0.3) is 0 Å². The Balaban J connectivity index is 2.84. The molecular weight excluding hydrogens is 212 g/mol. The Kier molecular flexibility index (Phi) is 5.64. The second-order valence-electron chi connectivity index (χ2n) is 5.33. The number of ketones is 1. The Morgan fingerprint density at radius 2 is 1.76 bits per heavy atom. The van der Waals surface area contributed by atoms with Crippen molar-refractivity contribution in [2.24, 2.45) is 11.8 Å². The van der Waals surface area contributed by atoms with E-state index in [0.29, 0.717) is 11.7 Å². The van der Waals surface area contributed by atoms with Gasteiger partial charge in [-0.15, -0.1) is 0 Å². The molecule has 2 nitrogen and oxygen atoms in total. The third-order valence-corrected chi connectivity index (χ3v) is 4.75. The zero-order chi connectivity index (χ0) is 12.9. The van der Waals surface area contributed by atoms with Crippen LogP contribution in [0.2, 0.25) is 0 Å². The highest BCUT2D eigenvalue weighted by molar-refractivity contribution is 5.89. The third-order valence-electron chi connectivity index (χ3n) is 4.75. The topological polar surface area (TPSA) is 26.3 Å². The maximum Gasteiger partial charge on any atom is 0.167 e. The van der Waals surface area contributed by atoms with Crippen LogP contribution in [0.15, 0.2) is 0 Å². The highest BCUT2D eigenvalue weighted by atomic mass is 16.5. The lowest BCUT2D eigenvalue weighted by atomic mass is 9.70. The zero-order valence-electron chi connectivity index (χ0n) is 11.9. The van der Waals surface area contributed by atoms with Crippen LogP contribution in [0.3, 0.4) is 0 Å². The van der Waals surface area contributed by atoms with E-state index >= 15 is 0 Å². The average molecular weight is 240 g/mol. The standard InChI is InChI=1S/C15H28O2/c1-5-12-10-8-9-11-13(12)14(16)15(6-2,7-3)17-4/h12-13H,5-11H2,1-4H3. The van der Waals surface area contributed by atoms with Gasteiger partial charge in [-0.3, -0.25) is 4.79 Å². The quantitative estimate of drug-likeness (QED) is 0.702. The van der Waals surface area contributed by atoms with Crippen LogP contribution in [-0.2, 0) is 9.53 Å². The lowest BCUT2D eigenvalue weighted by molar-refractivity contribution is -0.149. The Morgan fingerprint density at radius 1 is 1.18 bits per heavy atom. The number of hydrogen-bond acceptors (Lipinski definition) is 2. The van der Waals surface area contributed by atoms with E-state index in [1.807, 2.05) is 0 Å². The molecule has 0 radical (unpaired) electrons. The van der Waals surface area contributed by atoms with E-state index in [1.54, 1.807) is 7.11 Å². The number of hydrogen-bond donors (Lipinski definition) is 0. The predicted molar refractivity (Wildman–Crippen MR) is 71.1 cm³/mol. The van der Waals surface area contributed by atoms with Gasteiger partial charge in [-0.05, 0) is 31.6 Å². The van der Waals surface area contributed by atoms with Gasteiger partial charge in [-0.2, -0.15) is 0 Å². The van der Waals surface area contributed by atoms with Crippen LogP contribution in [0.1, 0.15) is 65.7 Å². The summed E-state index contributed by atoms with van der Waals surface area (Å²) >= 11 is 0. The zero-order valence-corrected chi connectivity index (χ0v) is 11.9. The molecule has 2 heteroatoms. The number of ether oxygens (including phenoxy) is 1. The van der Waals surface area contributed by atoms with E-state index in [4.69, 9.17) is 4.74 Å². The molecule has 0 aliphatic heterocycles. The molecule has 0 amide bonds. The number of methoxy groups -OCH3 is 1. The molecule has 1 rings (SSSR count). The Labute approximate surface area is 106 Å². The minimum absolute atomic E-state index is 0.244. The molecule has 1 fully saturated rings. The van der Waals surface area contributed by atoms with Gasteiger partial charge in [-0.1, -0.05) is 40.0 Å². The molecule has 17 heavy (non-hydrogen) atoms. The summed E-state index contributed by atoms with van der Waals surface area (Å²) in [4.78, 5) is 12.8. The minimum atomic E-state index is -0.518. The van der Waals surface area contributed by atoms with Gasteiger partial charge in [0, 0.05) is 13.0 Å². The molecule has 0 N–H and O–H groups in total. The molecular formula is C15H28O2. The smallest absolute Gasteiger partial charge is 0.167 e. The summed E-state index contributed by atoms with van der Waals surface area (Å²) in [5, 5.41) is 0. The molecule has 100 valence electrons. The monoisotopic (exact) mass is 240 g/mol. The van der Waals surface area contributed by atoms with Gasteiger partial charge in [0.25, 0.3) is 0 Å². The second kappa shape index (κ2) is 6.53. The average Bonchev–Trinajstić information content (AvgIpc) is 2.41. The van der Waals surface area contributed by atoms with E-state index in [9.17, 15) is 4.79 Å². The van der Waals surface area contributed by atoms with Crippen LogP contribution < -0.4 is 0 Å². The van der Waals surface area contributed by atoms with Crippen molar-refractivity contribution < 1.29 is 9.53 Å². The van der Waals surface area contributed by atoms with E-state index in [2.05, 4.69) is 20.8 Å². The predicted octanol–water partition coefficient (Wildman–Crippen LogP) is 3.98. The van der Waals surface area contributed by atoms with Crippen molar-refractivity contribution in [1.82, 2.24) is 0 Å². The maximum atomic E-state index is 12.8. The summed E-state index contributed by atoms with van der Waals surface area (Å²) in [5.74, 6) is 1.20. The van der Waals surface area contributed by atoms with E-state index in [1.165, 1.54) is 19.3 Å². The Hall–Kier alpha value is -0.370. The summed E-state index contributed by atoms with van der Waals surface area (Å²) in [6.45, 7) is 6.34. The van der Waals surface area contributed by atoms with Crippen molar-refractivity contribution in [2.75, 3.05) is 7.11 Å². The van der Waals surface area contributed by atoms with Gasteiger partial charge in [0.05, 0.1) is 0 Å². The van der Waals surface area contributed by atoms with Crippen molar-refractivity contribution in [2.45, 2.75) is 71.3 Å². The second-order valence-corrected chi connectivity index (χ2v) is 5.33. The fourth-order valence-electron chi connectivity index (χ4n) is 3.37. The lowest BCUT2D eigenvalue weighted by Crippen LogP contribution is -2.46. The highest BCUT2D eigenvalue weighted by Crippen LogP contribution is 2.37. The number of Topliss-reactive ketones (excluding diaryl/α,β-unsaturated/α-hetero) is 1. The highest BCUT2D eigenvalue weighted by Gasteiger charge is 2.42. The van der Waals surface area contributed by atoms with Crippen molar-refractivity contribution in [1.29, 1.82) is 0 Å². The van der Waals surface area contributed by atoms with Gasteiger partial charge in [0.2, 0.25) is 0 Å². The van der Waals surface area contributed by atoms with Crippen LogP contribution in [0, 0.1) is 11.8 Å². The molecule has 1 saturated carbocycles. The number of carbonyl (C=O) groups excluding carboxylic acids is 1. The van der Waals surface area contributed by atoms with Crippen molar-refractivity contribution in [3.05, 3.63) is 0 Å². The van der Waals surface area contributed by atoms with Crippen molar-refractivity contribution in [3.63, 3.8) is 0 Å². The molecule has 0 aromatic carbocycles. The van der Waals surface area contributed by atoms with Crippen LogP contribution in [0.4, 0.5) is 0 Å². The first-order chi connectivity index (χ1) is 8.15. The van der Waals surface area contributed by atoms with Gasteiger partial charge in [0.1, 0.15) is 5.60 Å². The van der Waals surface area contributed by atoms with Gasteiger partial charge in [0.15, 0.2) is 5.78 Å². The summed E-state index contributed by atoms with van der Waals surface area (Å²) in [6, 6.07) is 0. The molecule has 0 aromatic rings. The molecule has 0 saturated heterocycles. The van der Waals surface area contributed by atoms with Gasteiger partial charge < -0.3 is 4.74 Å². The third kappa shape index (κ3) is 2.90. The van der Waals surface area contributed by atoms with Crippen LogP contribution in [-0.4, -0.2) is 18.5 Å². The first kappa shape index (κ1) is 14.7. The summed E-state index contributed by atoms with van der Waals surface area (Å²) in [6.07, 6.45) is 7.52. The van der Waals surface area contributed by atoms with Gasteiger partial charge >= 0.3 is 0 Å². The molecule has 0 bridgehead atoms. The summed E-state index contributed by atoms with van der Waals surface area (Å²) in [5.41, 5.74) is -0.518. The summed E-state index contributed by atoms with van der Waals surface area (Å²) in [7, 11) is 1.69. The molecule has 0 heterocycles. The lowest BCUT2D eigenvalue weighted by Gasteiger charge is -2.37. The van der Waals surface area contributed by atoms with Crippen molar-refractivity contribution in [3.8, 4) is 0 Å². The minimum Gasteiger partial charge on any atom is -0.370 e. The van der Waals surface area contributed by atoms with E-state index in [-0.39, 0.29) is 5.92 Å². The fraction of sp³-hybridized carbons (Fsp3) is 0.933. The first-order valence-electron chi connectivity index (χ1n) is 7.24. The van der Waals surface area contributed by atoms with E-state index in [0.717, 1.165) is 25.7 Å². The molecule has 0 spiro atoms. The SMILES string of the molecule is CCC1CCCCC1C(=O)C(CC)(CC)OC.